The summed E-state index contributed by atoms with van der Waals surface area (Å²) >= 11 is 0. The van der Waals surface area contributed by atoms with Crippen LogP contribution in [-0.2, 0) is 9.59 Å². The molecule has 0 aliphatic rings. The Morgan fingerprint density at radius 1 is 0.944 bits per heavy atom. The average molecular weight is 258 g/mol. The molecule has 5 heteroatoms. The Morgan fingerprint density at radius 2 is 1.56 bits per heavy atom. The zero-order valence-corrected chi connectivity index (χ0v) is 11.8. The molecule has 1 amide bonds. The summed E-state index contributed by atoms with van der Waals surface area (Å²) in [5.74, 6) is -0.582. The van der Waals surface area contributed by atoms with E-state index < -0.39 is 5.97 Å². The summed E-state index contributed by atoms with van der Waals surface area (Å²) in [5.41, 5.74) is 0. The Labute approximate surface area is 110 Å². The van der Waals surface area contributed by atoms with Gasteiger partial charge in [-0.2, -0.15) is 0 Å². The van der Waals surface area contributed by atoms with Crippen LogP contribution in [0.2, 0.25) is 0 Å². The first-order valence-corrected chi connectivity index (χ1v) is 6.77. The first-order chi connectivity index (χ1) is 8.54. The second kappa shape index (κ2) is 9.88. The van der Waals surface area contributed by atoms with Crippen LogP contribution in [0.25, 0.3) is 0 Å². The van der Waals surface area contributed by atoms with Crippen LogP contribution in [0.3, 0.4) is 0 Å². The molecule has 0 bridgehead atoms. The first-order valence-electron chi connectivity index (χ1n) is 6.77. The zero-order valence-electron chi connectivity index (χ0n) is 11.8. The van der Waals surface area contributed by atoms with Gasteiger partial charge in [0.05, 0.1) is 6.42 Å². The normalized spacial score (nSPS) is 10.7. The van der Waals surface area contributed by atoms with E-state index in [2.05, 4.69) is 4.90 Å². The summed E-state index contributed by atoms with van der Waals surface area (Å²) in [7, 11) is 0. The second-order valence-electron chi connectivity index (χ2n) is 4.25. The molecule has 0 aliphatic heterocycles. The standard InChI is InChI=1S/C13H26N2O3/c1-4-14(11-9-13(17)18)10-7-8-12(16)15(5-2)6-3/h4-11H2,1-3H3,(H,17,18). The van der Waals surface area contributed by atoms with E-state index >= 15 is 0 Å². The lowest BCUT2D eigenvalue weighted by Gasteiger charge is -2.21. The quantitative estimate of drug-likeness (QED) is 0.644. The van der Waals surface area contributed by atoms with Gasteiger partial charge in [-0.25, -0.2) is 0 Å². The van der Waals surface area contributed by atoms with Crippen LogP contribution in [0.1, 0.15) is 40.0 Å². The maximum Gasteiger partial charge on any atom is 0.304 e. The van der Waals surface area contributed by atoms with Crippen LogP contribution in [0.4, 0.5) is 0 Å². The predicted octanol–water partition coefficient (Wildman–Crippen LogP) is 1.43. The van der Waals surface area contributed by atoms with Crippen molar-refractivity contribution in [2.24, 2.45) is 0 Å². The molecule has 5 nitrogen and oxygen atoms in total. The molecule has 1 N–H and O–H groups in total. The summed E-state index contributed by atoms with van der Waals surface area (Å²) < 4.78 is 0. The lowest BCUT2D eigenvalue weighted by molar-refractivity contribution is -0.137. The van der Waals surface area contributed by atoms with Gasteiger partial charge in [0.1, 0.15) is 0 Å². The van der Waals surface area contributed by atoms with Gasteiger partial charge >= 0.3 is 5.97 Å². The number of rotatable bonds is 10. The SMILES string of the molecule is CCN(CCCC(=O)N(CC)CC)CCC(=O)O. The number of nitrogens with zero attached hydrogens (tertiary/aromatic N) is 2. The summed E-state index contributed by atoms with van der Waals surface area (Å²) in [6.45, 7) is 9.65. The molecule has 0 saturated carbocycles. The van der Waals surface area contributed by atoms with E-state index in [1.165, 1.54) is 0 Å². The van der Waals surface area contributed by atoms with E-state index in [9.17, 15) is 9.59 Å². The van der Waals surface area contributed by atoms with Crippen LogP contribution in [-0.4, -0.2) is 59.5 Å². The number of carbonyl (C=O) groups is 2. The number of aliphatic carboxylic acids is 1. The van der Waals surface area contributed by atoms with Gasteiger partial charge in [0.25, 0.3) is 0 Å². The van der Waals surface area contributed by atoms with Crippen LogP contribution in [0.15, 0.2) is 0 Å². The minimum Gasteiger partial charge on any atom is -0.481 e. The molecule has 0 fully saturated rings. The molecular weight excluding hydrogens is 232 g/mol. The monoisotopic (exact) mass is 258 g/mol. The minimum atomic E-state index is -0.771. The van der Waals surface area contributed by atoms with Crippen molar-refractivity contribution < 1.29 is 14.7 Å². The van der Waals surface area contributed by atoms with Crippen molar-refractivity contribution in [2.45, 2.75) is 40.0 Å². The van der Waals surface area contributed by atoms with E-state index in [4.69, 9.17) is 5.11 Å². The maximum absolute atomic E-state index is 11.8. The van der Waals surface area contributed by atoms with Crippen molar-refractivity contribution in [3.63, 3.8) is 0 Å². The summed E-state index contributed by atoms with van der Waals surface area (Å²) in [4.78, 5) is 26.1. The Kier molecular flexibility index (Phi) is 9.28. The molecule has 0 unspecified atom stereocenters. The molecule has 0 atom stereocenters. The fraction of sp³-hybridized carbons (Fsp3) is 0.846. The largest absolute Gasteiger partial charge is 0.481 e. The molecule has 0 aliphatic carbocycles. The van der Waals surface area contributed by atoms with Gasteiger partial charge in [-0.15, -0.1) is 0 Å². The maximum atomic E-state index is 11.8. The lowest BCUT2D eigenvalue weighted by atomic mass is 10.2. The van der Waals surface area contributed by atoms with E-state index in [0.29, 0.717) is 13.0 Å². The molecule has 0 spiro atoms. The van der Waals surface area contributed by atoms with Gasteiger partial charge in [-0.3, -0.25) is 9.59 Å². The Hall–Kier alpha value is -1.10. The molecule has 0 rings (SSSR count). The number of carboxylic acid groups (broad SMARTS) is 1. The number of carbonyl (C=O) groups excluding carboxylic acids is 1. The van der Waals surface area contributed by atoms with Gasteiger partial charge in [0.2, 0.25) is 5.91 Å². The van der Waals surface area contributed by atoms with Gasteiger partial charge < -0.3 is 14.9 Å². The number of carboxylic acids is 1. The van der Waals surface area contributed by atoms with E-state index in [-0.39, 0.29) is 12.3 Å². The van der Waals surface area contributed by atoms with E-state index in [1.807, 2.05) is 25.7 Å². The summed E-state index contributed by atoms with van der Waals surface area (Å²) in [6.07, 6.45) is 1.51. The van der Waals surface area contributed by atoms with E-state index in [1.54, 1.807) is 0 Å². The third-order valence-corrected chi connectivity index (χ3v) is 3.07. The molecule has 0 aromatic heterocycles. The topological polar surface area (TPSA) is 60.9 Å². The molecule has 0 aromatic carbocycles. The Morgan fingerprint density at radius 3 is 2.00 bits per heavy atom. The van der Waals surface area contributed by atoms with Crippen molar-refractivity contribution in [3.8, 4) is 0 Å². The number of hydrogen-bond acceptors (Lipinski definition) is 3. The van der Waals surface area contributed by atoms with Crippen LogP contribution in [0.5, 0.6) is 0 Å². The molecule has 0 saturated heterocycles. The van der Waals surface area contributed by atoms with Crippen LogP contribution < -0.4 is 0 Å². The fourth-order valence-electron chi connectivity index (χ4n) is 1.87. The highest BCUT2D eigenvalue weighted by atomic mass is 16.4. The average Bonchev–Trinajstić information content (AvgIpc) is 2.34. The fourth-order valence-corrected chi connectivity index (χ4v) is 1.87. The van der Waals surface area contributed by atoms with Gasteiger partial charge in [-0.1, -0.05) is 6.92 Å². The third kappa shape index (κ3) is 7.27. The molecule has 0 aromatic rings. The van der Waals surface area contributed by atoms with Crippen LogP contribution in [0, 0.1) is 0 Å². The van der Waals surface area contributed by atoms with Crippen molar-refractivity contribution in [1.82, 2.24) is 9.80 Å². The lowest BCUT2D eigenvalue weighted by Crippen LogP contribution is -2.32. The summed E-state index contributed by atoms with van der Waals surface area (Å²) in [5, 5.41) is 8.62. The van der Waals surface area contributed by atoms with Crippen LogP contribution >= 0.6 is 0 Å². The highest BCUT2D eigenvalue weighted by molar-refractivity contribution is 5.76. The van der Waals surface area contributed by atoms with Gasteiger partial charge in [0.15, 0.2) is 0 Å². The molecule has 106 valence electrons. The highest BCUT2D eigenvalue weighted by Gasteiger charge is 2.10. The summed E-state index contributed by atoms with van der Waals surface area (Å²) in [6, 6.07) is 0. The van der Waals surface area contributed by atoms with Gasteiger partial charge in [0, 0.05) is 26.1 Å². The van der Waals surface area contributed by atoms with Crippen molar-refractivity contribution >= 4 is 11.9 Å². The Bertz CT molecular complexity index is 253. The number of amides is 1. The zero-order chi connectivity index (χ0) is 14.0. The number of hydrogen-bond donors (Lipinski definition) is 1. The molecular formula is C13H26N2O3. The van der Waals surface area contributed by atoms with E-state index in [0.717, 1.165) is 32.6 Å². The van der Waals surface area contributed by atoms with Crippen molar-refractivity contribution in [2.75, 3.05) is 32.7 Å². The molecule has 0 radical (unpaired) electrons. The van der Waals surface area contributed by atoms with Crippen molar-refractivity contribution in [1.29, 1.82) is 0 Å². The highest BCUT2D eigenvalue weighted by Crippen LogP contribution is 2.01. The second-order valence-corrected chi connectivity index (χ2v) is 4.25. The molecule has 18 heavy (non-hydrogen) atoms. The molecule has 0 heterocycles. The Balaban J connectivity index is 3.85. The van der Waals surface area contributed by atoms with Crippen molar-refractivity contribution in [3.05, 3.63) is 0 Å². The van der Waals surface area contributed by atoms with Gasteiger partial charge in [-0.05, 0) is 33.4 Å². The smallest absolute Gasteiger partial charge is 0.304 e. The minimum absolute atomic E-state index is 0.165. The predicted molar refractivity (Wildman–Crippen MR) is 71.5 cm³/mol. The third-order valence-electron chi connectivity index (χ3n) is 3.07. The first kappa shape index (κ1) is 16.9.